The zero-order valence-corrected chi connectivity index (χ0v) is 19.3. The van der Waals surface area contributed by atoms with E-state index in [0.29, 0.717) is 57.8 Å². The topological polar surface area (TPSA) is 64.2 Å². The molecule has 0 unspecified atom stereocenters. The fourth-order valence-corrected chi connectivity index (χ4v) is 3.46. The Kier molecular flexibility index (Phi) is 6.66. The number of hydrogen-bond donors (Lipinski definition) is 1. The van der Waals surface area contributed by atoms with E-state index >= 15 is 0 Å². The molecule has 32 heavy (non-hydrogen) atoms. The summed E-state index contributed by atoms with van der Waals surface area (Å²) in [5, 5.41) is 1.16. The van der Waals surface area contributed by atoms with Crippen molar-refractivity contribution in [1.29, 1.82) is 0 Å². The van der Waals surface area contributed by atoms with Gasteiger partial charge in [0.15, 0.2) is 17.3 Å². The van der Waals surface area contributed by atoms with Gasteiger partial charge in [0.05, 0.1) is 17.2 Å². The number of para-hydroxylation sites is 1. The molecule has 166 valence electrons. The molecule has 1 N–H and O–H groups in total. The number of aromatic nitrogens is 2. The van der Waals surface area contributed by atoms with Gasteiger partial charge in [0.1, 0.15) is 12.3 Å². The lowest BCUT2D eigenvalue weighted by Gasteiger charge is -2.16. The highest BCUT2D eigenvalue weighted by Gasteiger charge is 2.26. The highest BCUT2D eigenvalue weighted by molar-refractivity contribution is 6.31. The van der Waals surface area contributed by atoms with Crippen LogP contribution >= 0.6 is 11.6 Å². The highest BCUT2D eigenvalue weighted by Crippen LogP contribution is 2.37. The van der Waals surface area contributed by atoms with Crippen LogP contribution in [0.3, 0.4) is 0 Å². The van der Waals surface area contributed by atoms with Gasteiger partial charge in [0.2, 0.25) is 0 Å². The first-order valence-electron chi connectivity index (χ1n) is 10.8. The first-order valence-corrected chi connectivity index (χ1v) is 11.2. The van der Waals surface area contributed by atoms with Gasteiger partial charge in [-0.3, -0.25) is 4.79 Å². The van der Waals surface area contributed by atoms with Crippen LogP contribution in [0.1, 0.15) is 49.5 Å². The number of ether oxygens (including phenoxy) is 2. The second-order valence-electron chi connectivity index (χ2n) is 8.51. The van der Waals surface area contributed by atoms with Crippen LogP contribution in [-0.4, -0.2) is 29.0 Å². The number of nitrogens with one attached hydrogen (secondary N) is 1. The van der Waals surface area contributed by atoms with E-state index in [1.54, 1.807) is 24.5 Å². The molecule has 5 nitrogen and oxygen atoms in total. The van der Waals surface area contributed by atoms with Crippen LogP contribution in [0.4, 0.5) is 0 Å². The van der Waals surface area contributed by atoms with E-state index in [-0.39, 0.29) is 5.78 Å². The van der Waals surface area contributed by atoms with Crippen LogP contribution in [0, 0.1) is 5.92 Å². The van der Waals surface area contributed by atoms with Crippen molar-refractivity contribution in [3.63, 3.8) is 0 Å². The van der Waals surface area contributed by atoms with Gasteiger partial charge in [-0.15, -0.1) is 0 Å². The fraction of sp³-hybridized carbons (Fsp3) is 0.308. The average Bonchev–Trinajstić information content (AvgIpc) is 3.52. The number of H-pyrrole nitrogens is 1. The summed E-state index contributed by atoms with van der Waals surface area (Å²) in [5.74, 6) is 1.44. The number of nitrogens with zero attached hydrogens (tertiary/aromatic N) is 1. The van der Waals surface area contributed by atoms with Gasteiger partial charge in [-0.1, -0.05) is 35.4 Å². The number of carbonyl (C=O) groups excluding carboxylic acids is 1. The van der Waals surface area contributed by atoms with Crippen LogP contribution in [0.5, 0.6) is 11.5 Å². The van der Waals surface area contributed by atoms with E-state index < -0.39 is 0 Å². The summed E-state index contributed by atoms with van der Waals surface area (Å²) in [7, 11) is 0. The third-order valence-corrected chi connectivity index (χ3v) is 5.49. The number of pyridine rings is 1. The van der Waals surface area contributed by atoms with Crippen molar-refractivity contribution >= 4 is 28.4 Å². The Hall–Kier alpha value is -3.05. The van der Waals surface area contributed by atoms with Gasteiger partial charge < -0.3 is 14.5 Å². The Balaban J connectivity index is 1.66. The summed E-state index contributed by atoms with van der Waals surface area (Å²) in [6.07, 6.45) is 9.63. The molecule has 1 aliphatic rings. The molecule has 3 aromatic rings. The quantitative estimate of drug-likeness (QED) is 0.297. The lowest BCUT2D eigenvalue weighted by Crippen LogP contribution is -2.10. The zero-order valence-electron chi connectivity index (χ0n) is 18.6. The molecule has 0 amide bonds. The standard InChI is InChI=1S/C26H27ClN2O3/c1-16(2)7-8-17(3)14-31-23-6-4-5-20(25(23)32-15-18-9-10-18)24(30)22-13-29-26-21(22)11-19(27)12-28-26/h4-8,11-13,18H,9-10,14-15H2,1-3H3,(H,28,29)/b17-8+. The van der Waals surface area contributed by atoms with E-state index in [1.807, 2.05) is 25.1 Å². The molecule has 2 heterocycles. The van der Waals surface area contributed by atoms with Gasteiger partial charge in [-0.05, 0) is 63.3 Å². The molecule has 1 aliphatic carbocycles. The molecule has 0 spiro atoms. The van der Waals surface area contributed by atoms with Crippen molar-refractivity contribution in [2.45, 2.75) is 33.6 Å². The molecule has 6 heteroatoms. The summed E-state index contributed by atoms with van der Waals surface area (Å²) in [6, 6.07) is 7.19. The number of carbonyl (C=O) groups is 1. The van der Waals surface area contributed by atoms with E-state index in [2.05, 4.69) is 29.9 Å². The highest BCUT2D eigenvalue weighted by atomic mass is 35.5. The molecule has 0 saturated heterocycles. The second kappa shape index (κ2) is 9.61. The number of halogens is 1. The number of allylic oxidation sites excluding steroid dienone is 3. The Labute approximate surface area is 193 Å². The van der Waals surface area contributed by atoms with Gasteiger partial charge in [-0.2, -0.15) is 0 Å². The largest absolute Gasteiger partial charge is 0.489 e. The molecule has 0 bridgehead atoms. The van der Waals surface area contributed by atoms with E-state index in [0.717, 1.165) is 18.4 Å². The molecular formula is C26H27ClN2O3. The third kappa shape index (κ3) is 5.22. The van der Waals surface area contributed by atoms with Gasteiger partial charge >= 0.3 is 0 Å². The van der Waals surface area contributed by atoms with Crippen LogP contribution in [-0.2, 0) is 0 Å². The lowest BCUT2D eigenvalue weighted by molar-refractivity contribution is 0.103. The van der Waals surface area contributed by atoms with Crippen molar-refractivity contribution in [3.05, 3.63) is 76.1 Å². The van der Waals surface area contributed by atoms with Crippen molar-refractivity contribution in [2.24, 2.45) is 5.92 Å². The van der Waals surface area contributed by atoms with E-state index in [4.69, 9.17) is 21.1 Å². The van der Waals surface area contributed by atoms with Gasteiger partial charge in [0.25, 0.3) is 0 Å². The maximum absolute atomic E-state index is 13.5. The molecule has 1 aromatic carbocycles. The second-order valence-corrected chi connectivity index (χ2v) is 8.95. The van der Waals surface area contributed by atoms with E-state index in [1.165, 1.54) is 5.57 Å². The Morgan fingerprint density at radius 3 is 2.75 bits per heavy atom. The molecule has 0 atom stereocenters. The lowest BCUT2D eigenvalue weighted by atomic mass is 10.0. The van der Waals surface area contributed by atoms with E-state index in [9.17, 15) is 4.79 Å². The average molecular weight is 451 g/mol. The fourth-order valence-electron chi connectivity index (χ4n) is 3.30. The van der Waals surface area contributed by atoms with Crippen molar-refractivity contribution in [1.82, 2.24) is 9.97 Å². The number of benzene rings is 1. The number of ketones is 1. The Morgan fingerprint density at radius 2 is 2.00 bits per heavy atom. The minimum atomic E-state index is -0.159. The predicted molar refractivity (Wildman–Crippen MR) is 128 cm³/mol. The van der Waals surface area contributed by atoms with Crippen molar-refractivity contribution in [2.75, 3.05) is 13.2 Å². The minimum absolute atomic E-state index is 0.159. The molecule has 0 radical (unpaired) electrons. The van der Waals surface area contributed by atoms with Crippen molar-refractivity contribution < 1.29 is 14.3 Å². The predicted octanol–water partition coefficient (Wildman–Crippen LogP) is 6.53. The first kappa shape index (κ1) is 22.2. The summed E-state index contributed by atoms with van der Waals surface area (Å²) in [5.41, 5.74) is 3.88. The summed E-state index contributed by atoms with van der Waals surface area (Å²) < 4.78 is 12.2. The Bertz CT molecular complexity index is 1200. The first-order chi connectivity index (χ1) is 15.4. The summed E-state index contributed by atoms with van der Waals surface area (Å²) in [4.78, 5) is 20.8. The summed E-state index contributed by atoms with van der Waals surface area (Å²) >= 11 is 6.12. The maximum Gasteiger partial charge on any atom is 0.199 e. The number of aromatic amines is 1. The number of rotatable bonds is 9. The maximum atomic E-state index is 13.5. The van der Waals surface area contributed by atoms with Gasteiger partial charge in [0, 0.05) is 23.3 Å². The van der Waals surface area contributed by atoms with Crippen LogP contribution in [0.25, 0.3) is 11.0 Å². The van der Waals surface area contributed by atoms with Gasteiger partial charge in [-0.25, -0.2) is 4.98 Å². The molecule has 1 saturated carbocycles. The monoisotopic (exact) mass is 450 g/mol. The molecule has 2 aromatic heterocycles. The van der Waals surface area contributed by atoms with Crippen LogP contribution in [0.2, 0.25) is 5.02 Å². The summed E-state index contributed by atoms with van der Waals surface area (Å²) in [6.45, 7) is 7.11. The third-order valence-electron chi connectivity index (χ3n) is 5.28. The SMILES string of the molecule is CC(C)=C/C=C(\C)COc1cccc(C(=O)c2c[nH]c3ncc(Cl)cc23)c1OCC1CC1. The van der Waals surface area contributed by atoms with Crippen LogP contribution < -0.4 is 9.47 Å². The number of hydrogen-bond acceptors (Lipinski definition) is 4. The van der Waals surface area contributed by atoms with Crippen molar-refractivity contribution in [3.8, 4) is 11.5 Å². The molecule has 0 aliphatic heterocycles. The normalized spacial score (nSPS) is 13.8. The minimum Gasteiger partial charge on any atom is -0.489 e. The molecular weight excluding hydrogens is 424 g/mol. The molecule has 1 fully saturated rings. The van der Waals surface area contributed by atoms with Crippen LogP contribution in [0.15, 0.2) is 60.0 Å². The Morgan fingerprint density at radius 1 is 1.19 bits per heavy atom. The zero-order chi connectivity index (χ0) is 22.7. The smallest absolute Gasteiger partial charge is 0.199 e. The molecule has 4 rings (SSSR count). The number of fused-ring (bicyclic) bond motifs is 1.